The van der Waals surface area contributed by atoms with Crippen LogP contribution in [0.5, 0.6) is 5.75 Å². The Morgan fingerprint density at radius 1 is 1.00 bits per heavy atom. The first kappa shape index (κ1) is 25.6. The van der Waals surface area contributed by atoms with Crippen LogP contribution in [0.15, 0.2) is 72.8 Å². The molecule has 0 aliphatic rings. The minimum Gasteiger partial charge on any atom is -0.495 e. The van der Waals surface area contributed by atoms with Gasteiger partial charge in [-0.05, 0) is 53.8 Å². The number of rotatable bonds is 9. The van der Waals surface area contributed by atoms with Gasteiger partial charge in [-0.1, -0.05) is 60.1 Å². The lowest BCUT2D eigenvalue weighted by Gasteiger charge is -2.26. The third-order valence-corrected chi connectivity index (χ3v) is 5.90. The summed E-state index contributed by atoms with van der Waals surface area (Å²) < 4.78 is 44.1. The van der Waals surface area contributed by atoms with Gasteiger partial charge >= 0.3 is 6.18 Å². The number of hydrogen-bond acceptors (Lipinski definition) is 3. The lowest BCUT2D eigenvalue weighted by Crippen LogP contribution is -2.38. The van der Waals surface area contributed by atoms with Gasteiger partial charge in [0.1, 0.15) is 11.8 Å². The highest BCUT2D eigenvalue weighted by molar-refractivity contribution is 6.32. The van der Waals surface area contributed by atoms with Crippen LogP contribution in [-0.4, -0.2) is 20.1 Å². The number of methoxy groups -OCH3 is 1. The molecule has 1 unspecified atom stereocenters. The summed E-state index contributed by atoms with van der Waals surface area (Å²) in [4.78, 5) is 12.7. The van der Waals surface area contributed by atoms with Crippen molar-refractivity contribution in [2.24, 2.45) is 0 Å². The number of nitrogens with one attached hydrogen (secondary N) is 2. The van der Waals surface area contributed by atoms with Crippen molar-refractivity contribution in [3.63, 3.8) is 0 Å². The monoisotopic (exact) mass is 490 g/mol. The van der Waals surface area contributed by atoms with Crippen LogP contribution in [0.25, 0.3) is 0 Å². The van der Waals surface area contributed by atoms with Crippen molar-refractivity contribution in [1.82, 2.24) is 10.6 Å². The molecule has 1 amide bonds. The summed E-state index contributed by atoms with van der Waals surface area (Å²) in [5.41, 5.74) is 1.72. The Morgan fingerprint density at radius 3 is 2.26 bits per heavy atom. The zero-order valence-corrected chi connectivity index (χ0v) is 19.6. The molecule has 8 heteroatoms. The molecule has 0 aliphatic heterocycles. The van der Waals surface area contributed by atoms with E-state index in [9.17, 15) is 18.0 Å². The van der Waals surface area contributed by atoms with E-state index in [-0.39, 0.29) is 11.9 Å². The molecule has 3 aromatic rings. The topological polar surface area (TPSA) is 50.4 Å². The molecule has 0 saturated heterocycles. The molecule has 2 N–H and O–H groups in total. The molecule has 0 aromatic heterocycles. The summed E-state index contributed by atoms with van der Waals surface area (Å²) in [5.74, 6) is 0.295. The van der Waals surface area contributed by atoms with E-state index in [2.05, 4.69) is 10.6 Å². The van der Waals surface area contributed by atoms with E-state index in [1.54, 1.807) is 19.2 Å². The van der Waals surface area contributed by atoms with Gasteiger partial charge in [-0.15, -0.1) is 0 Å². The van der Waals surface area contributed by atoms with E-state index < -0.39 is 17.8 Å². The van der Waals surface area contributed by atoms with Crippen molar-refractivity contribution in [1.29, 1.82) is 0 Å². The number of carbonyl (C=O) groups excluding carboxylic acids is 1. The van der Waals surface area contributed by atoms with Gasteiger partial charge in [-0.25, -0.2) is 0 Å². The second kappa shape index (κ2) is 11.4. The number of hydrogen-bond donors (Lipinski definition) is 2. The van der Waals surface area contributed by atoms with Gasteiger partial charge in [-0.3, -0.25) is 10.1 Å². The van der Waals surface area contributed by atoms with Crippen molar-refractivity contribution in [2.75, 3.05) is 14.2 Å². The largest absolute Gasteiger partial charge is 0.495 e. The van der Waals surface area contributed by atoms with Gasteiger partial charge in [0.25, 0.3) is 0 Å². The lowest BCUT2D eigenvalue weighted by atomic mass is 9.95. The molecule has 0 spiro atoms. The normalized spacial score (nSPS) is 13.2. The van der Waals surface area contributed by atoms with E-state index in [0.717, 1.165) is 28.8 Å². The van der Waals surface area contributed by atoms with E-state index in [4.69, 9.17) is 16.3 Å². The number of halogens is 4. The molecular weight excluding hydrogens is 465 g/mol. The van der Waals surface area contributed by atoms with Gasteiger partial charge in [0.2, 0.25) is 5.91 Å². The van der Waals surface area contributed by atoms with E-state index in [1.807, 2.05) is 36.4 Å². The molecule has 4 nitrogen and oxygen atoms in total. The summed E-state index contributed by atoms with van der Waals surface area (Å²) >= 11 is 6.20. The average Bonchev–Trinajstić information content (AvgIpc) is 2.84. The molecule has 3 aromatic carbocycles. The minimum atomic E-state index is -4.38. The summed E-state index contributed by atoms with van der Waals surface area (Å²) in [6, 6.07) is 18.9. The minimum absolute atomic E-state index is 0.202. The molecule has 0 radical (unpaired) electrons. The third-order valence-electron chi connectivity index (χ3n) is 5.59. The van der Waals surface area contributed by atoms with Gasteiger partial charge in [0, 0.05) is 13.1 Å². The smallest absolute Gasteiger partial charge is 0.416 e. The van der Waals surface area contributed by atoms with Crippen LogP contribution < -0.4 is 15.4 Å². The van der Waals surface area contributed by atoms with Gasteiger partial charge < -0.3 is 10.1 Å². The predicted octanol–water partition coefficient (Wildman–Crippen LogP) is 6.12. The number of benzene rings is 3. The molecular formula is C26H26ClF3N2O2. The zero-order valence-electron chi connectivity index (χ0n) is 18.8. The number of carbonyl (C=O) groups is 1. The molecule has 0 bridgehead atoms. The maximum absolute atomic E-state index is 12.9. The van der Waals surface area contributed by atoms with Crippen molar-refractivity contribution in [3.05, 3.63) is 100 Å². The van der Waals surface area contributed by atoms with E-state index >= 15 is 0 Å². The molecule has 34 heavy (non-hydrogen) atoms. The van der Waals surface area contributed by atoms with Crippen LogP contribution >= 0.6 is 11.6 Å². The number of alkyl halides is 3. The quantitative estimate of drug-likeness (QED) is 0.380. The molecule has 180 valence electrons. The fourth-order valence-electron chi connectivity index (χ4n) is 3.73. The Bertz CT molecular complexity index is 1090. The average molecular weight is 491 g/mol. The first-order valence-electron chi connectivity index (χ1n) is 10.7. The summed E-state index contributed by atoms with van der Waals surface area (Å²) in [6.45, 7) is 0. The first-order chi connectivity index (χ1) is 16.2. The van der Waals surface area contributed by atoms with Crippen molar-refractivity contribution in [2.45, 2.75) is 31.1 Å². The van der Waals surface area contributed by atoms with Crippen LogP contribution in [-0.2, 0) is 17.4 Å². The Labute approximate surface area is 202 Å². The highest BCUT2D eigenvalue weighted by atomic mass is 35.5. The van der Waals surface area contributed by atoms with Crippen LogP contribution in [0.3, 0.4) is 0 Å². The first-order valence-corrected chi connectivity index (χ1v) is 11.1. The number of amides is 1. The van der Waals surface area contributed by atoms with Crippen LogP contribution in [0.2, 0.25) is 5.02 Å². The highest BCUT2D eigenvalue weighted by Crippen LogP contribution is 2.32. The highest BCUT2D eigenvalue weighted by Gasteiger charge is 2.30. The number of likely N-dealkylation sites (N-methyl/N-ethyl adjacent to an activating group) is 1. The molecule has 0 saturated carbocycles. The fourth-order valence-corrected chi connectivity index (χ4v) is 3.92. The summed E-state index contributed by atoms with van der Waals surface area (Å²) in [6.07, 6.45) is -3.36. The fraction of sp³-hybridized carbons (Fsp3) is 0.269. The molecule has 2 atom stereocenters. The summed E-state index contributed by atoms with van der Waals surface area (Å²) in [7, 11) is 3.09. The number of aryl methyl sites for hydroxylation is 1. The van der Waals surface area contributed by atoms with E-state index in [1.165, 1.54) is 19.2 Å². The molecule has 0 heterocycles. The zero-order chi connectivity index (χ0) is 24.7. The number of ether oxygens (including phenoxy) is 1. The van der Waals surface area contributed by atoms with E-state index in [0.29, 0.717) is 23.6 Å². The van der Waals surface area contributed by atoms with Gasteiger partial charge in [0.05, 0.1) is 17.7 Å². The maximum Gasteiger partial charge on any atom is 0.416 e. The Kier molecular flexibility index (Phi) is 8.58. The second-order valence-corrected chi connectivity index (χ2v) is 8.21. The Morgan fingerprint density at radius 2 is 1.68 bits per heavy atom. The van der Waals surface area contributed by atoms with Gasteiger partial charge in [0.15, 0.2) is 0 Å². The Hall–Kier alpha value is -3.03. The molecule has 3 rings (SSSR count). The molecule has 0 aliphatic carbocycles. The Balaban J connectivity index is 1.89. The predicted molar refractivity (Wildman–Crippen MR) is 127 cm³/mol. The van der Waals surface area contributed by atoms with Crippen LogP contribution in [0.1, 0.15) is 40.8 Å². The van der Waals surface area contributed by atoms with Gasteiger partial charge in [-0.2, -0.15) is 13.2 Å². The standard InChI is InChI=1S/C26H26ClF3N2O2/c1-31-25(33)24(18-6-4-3-5-7-18)32-22(19-11-14-21(27)23(16-19)34-2)15-10-17-8-12-20(13-9-17)26(28,29)30/h3-9,11-14,16,22,24,32H,10,15H2,1-2H3,(H,31,33)/t22-,24?/m0/s1. The maximum atomic E-state index is 12.9. The SMILES string of the molecule is CNC(=O)C(N[C@@H](CCc1ccc(C(F)(F)F)cc1)c1ccc(Cl)c(OC)c1)c1ccccc1. The molecule has 0 fully saturated rings. The van der Waals surface area contributed by atoms with Crippen LogP contribution in [0, 0.1) is 0 Å². The van der Waals surface area contributed by atoms with Crippen molar-refractivity contribution < 1.29 is 22.7 Å². The van der Waals surface area contributed by atoms with Crippen molar-refractivity contribution in [3.8, 4) is 5.75 Å². The third kappa shape index (κ3) is 6.52. The van der Waals surface area contributed by atoms with Crippen molar-refractivity contribution >= 4 is 17.5 Å². The summed E-state index contributed by atoms with van der Waals surface area (Å²) in [5, 5.41) is 6.57. The van der Waals surface area contributed by atoms with Crippen LogP contribution in [0.4, 0.5) is 13.2 Å². The lowest BCUT2D eigenvalue weighted by molar-refractivity contribution is -0.137. The second-order valence-electron chi connectivity index (χ2n) is 7.80.